The third kappa shape index (κ3) is 3.56. The van der Waals surface area contributed by atoms with E-state index >= 15 is 0 Å². The lowest BCUT2D eigenvalue weighted by molar-refractivity contribution is 0.598. The molecule has 0 radical (unpaired) electrons. The fraction of sp³-hybridized carbons (Fsp3) is 0.167. The fourth-order valence-electron chi connectivity index (χ4n) is 1.67. The summed E-state index contributed by atoms with van der Waals surface area (Å²) in [5.74, 6) is 0. The first kappa shape index (κ1) is 14.5. The Balaban J connectivity index is 2.14. The van der Waals surface area contributed by atoms with Crippen molar-refractivity contribution < 1.29 is 8.42 Å². The van der Waals surface area contributed by atoms with Gasteiger partial charge in [-0.2, -0.15) is 0 Å². The van der Waals surface area contributed by atoms with Crippen molar-refractivity contribution in [3.05, 3.63) is 45.1 Å². The van der Waals surface area contributed by atoms with Gasteiger partial charge < -0.3 is 5.32 Å². The maximum Gasteiger partial charge on any atom is 0.238 e. The van der Waals surface area contributed by atoms with Gasteiger partial charge in [-0.3, -0.25) is 0 Å². The lowest BCUT2D eigenvalue weighted by atomic mass is 10.2. The Morgan fingerprint density at radius 1 is 1.26 bits per heavy atom. The molecule has 0 aliphatic carbocycles. The van der Waals surface area contributed by atoms with Gasteiger partial charge in [0.1, 0.15) is 0 Å². The third-order valence-electron chi connectivity index (χ3n) is 2.60. The Labute approximate surface area is 124 Å². The average molecular weight is 361 g/mol. The molecule has 0 saturated heterocycles. The van der Waals surface area contributed by atoms with Crippen LogP contribution in [-0.2, 0) is 10.0 Å². The monoisotopic (exact) mass is 360 g/mol. The van der Waals surface area contributed by atoms with E-state index in [4.69, 9.17) is 5.14 Å². The molecule has 2 aromatic rings. The Bertz CT molecular complexity index is 665. The van der Waals surface area contributed by atoms with Gasteiger partial charge in [-0.05, 0) is 58.6 Å². The summed E-state index contributed by atoms with van der Waals surface area (Å²) in [4.78, 5) is 1.30. The quantitative estimate of drug-likeness (QED) is 0.877. The van der Waals surface area contributed by atoms with Crippen molar-refractivity contribution in [2.75, 3.05) is 5.32 Å². The van der Waals surface area contributed by atoms with Gasteiger partial charge in [-0.1, -0.05) is 0 Å². The highest BCUT2D eigenvalue weighted by atomic mass is 79.9. The van der Waals surface area contributed by atoms with Crippen LogP contribution < -0.4 is 10.5 Å². The lowest BCUT2D eigenvalue weighted by Crippen LogP contribution is -2.12. The Kier molecular flexibility index (Phi) is 4.29. The molecule has 0 saturated carbocycles. The number of rotatable bonds is 4. The second-order valence-corrected chi connectivity index (χ2v) is 7.43. The normalized spacial score (nSPS) is 13.2. The molecule has 1 aromatic heterocycles. The van der Waals surface area contributed by atoms with Crippen molar-refractivity contribution in [2.45, 2.75) is 17.9 Å². The van der Waals surface area contributed by atoms with Crippen LogP contribution in [0.3, 0.4) is 0 Å². The topological polar surface area (TPSA) is 72.2 Å². The minimum atomic E-state index is -3.63. The number of hydrogen-bond donors (Lipinski definition) is 2. The van der Waals surface area contributed by atoms with E-state index in [1.807, 2.05) is 18.4 Å². The molecule has 0 spiro atoms. The maximum absolute atomic E-state index is 11.2. The van der Waals surface area contributed by atoms with E-state index in [9.17, 15) is 8.42 Å². The van der Waals surface area contributed by atoms with Crippen molar-refractivity contribution in [1.82, 2.24) is 0 Å². The molecule has 1 atom stereocenters. The fourth-order valence-corrected chi connectivity index (χ4v) is 3.91. The Hall–Kier alpha value is -0.890. The predicted molar refractivity (Wildman–Crippen MR) is 81.9 cm³/mol. The Morgan fingerprint density at radius 3 is 2.37 bits per heavy atom. The van der Waals surface area contributed by atoms with Gasteiger partial charge in [-0.25, -0.2) is 13.6 Å². The lowest BCUT2D eigenvalue weighted by Gasteiger charge is -2.14. The first-order valence-electron chi connectivity index (χ1n) is 5.50. The van der Waals surface area contributed by atoms with Gasteiger partial charge in [-0.15, -0.1) is 11.3 Å². The van der Waals surface area contributed by atoms with Crippen LogP contribution in [0, 0.1) is 0 Å². The third-order valence-corrected chi connectivity index (χ3v) is 5.59. The van der Waals surface area contributed by atoms with E-state index < -0.39 is 10.0 Å². The second kappa shape index (κ2) is 5.62. The number of benzene rings is 1. The summed E-state index contributed by atoms with van der Waals surface area (Å²) in [5, 5.41) is 10.4. The highest BCUT2D eigenvalue weighted by Gasteiger charge is 2.11. The molecule has 7 heteroatoms. The molecule has 0 aliphatic heterocycles. The summed E-state index contributed by atoms with van der Waals surface area (Å²) in [7, 11) is -3.63. The SMILES string of the molecule is CC(Nc1ccc(S(N)(=O)=O)cc1)c1sccc1Br. The van der Waals surface area contributed by atoms with E-state index in [1.165, 1.54) is 17.0 Å². The van der Waals surface area contributed by atoms with Crippen molar-refractivity contribution >= 4 is 43.0 Å². The van der Waals surface area contributed by atoms with Crippen LogP contribution in [0.2, 0.25) is 0 Å². The summed E-state index contributed by atoms with van der Waals surface area (Å²) in [6.07, 6.45) is 0. The summed E-state index contributed by atoms with van der Waals surface area (Å²) in [6, 6.07) is 8.54. The number of thiophene rings is 1. The van der Waals surface area contributed by atoms with E-state index in [1.54, 1.807) is 23.5 Å². The van der Waals surface area contributed by atoms with Crippen LogP contribution in [0.15, 0.2) is 45.1 Å². The van der Waals surface area contributed by atoms with Crippen LogP contribution in [-0.4, -0.2) is 8.42 Å². The van der Waals surface area contributed by atoms with E-state index in [0.29, 0.717) is 0 Å². The van der Waals surface area contributed by atoms with Gasteiger partial charge >= 0.3 is 0 Å². The number of primary sulfonamides is 1. The van der Waals surface area contributed by atoms with Crippen LogP contribution >= 0.6 is 27.3 Å². The first-order chi connectivity index (χ1) is 8.88. The molecule has 3 N–H and O–H groups in total. The van der Waals surface area contributed by atoms with Gasteiger partial charge in [0.05, 0.1) is 10.9 Å². The molecule has 0 amide bonds. The average Bonchev–Trinajstić information content (AvgIpc) is 2.75. The van der Waals surface area contributed by atoms with E-state index in [2.05, 4.69) is 21.2 Å². The molecule has 0 fully saturated rings. The van der Waals surface area contributed by atoms with Crippen molar-refractivity contribution in [3.63, 3.8) is 0 Å². The minimum absolute atomic E-state index is 0.114. The summed E-state index contributed by atoms with van der Waals surface area (Å²) < 4.78 is 23.4. The molecule has 19 heavy (non-hydrogen) atoms. The summed E-state index contributed by atoms with van der Waals surface area (Å²) in [6.45, 7) is 2.05. The van der Waals surface area contributed by atoms with Crippen molar-refractivity contribution in [3.8, 4) is 0 Å². The van der Waals surface area contributed by atoms with E-state index in [-0.39, 0.29) is 10.9 Å². The molecular weight excluding hydrogens is 348 g/mol. The molecule has 0 aliphatic rings. The van der Waals surface area contributed by atoms with Crippen LogP contribution in [0.4, 0.5) is 5.69 Å². The van der Waals surface area contributed by atoms with Crippen LogP contribution in [0.1, 0.15) is 17.8 Å². The van der Waals surface area contributed by atoms with Gasteiger partial charge in [0, 0.05) is 15.0 Å². The van der Waals surface area contributed by atoms with Crippen molar-refractivity contribution in [2.24, 2.45) is 5.14 Å². The molecule has 2 rings (SSSR count). The summed E-state index contributed by atoms with van der Waals surface area (Å²) in [5.41, 5.74) is 0.847. The zero-order valence-electron chi connectivity index (χ0n) is 10.1. The minimum Gasteiger partial charge on any atom is -0.378 e. The van der Waals surface area contributed by atoms with Crippen LogP contribution in [0.5, 0.6) is 0 Å². The molecular formula is C12H13BrN2O2S2. The zero-order chi connectivity index (χ0) is 14.0. The number of nitrogens with two attached hydrogens (primary N) is 1. The largest absolute Gasteiger partial charge is 0.378 e. The number of nitrogens with one attached hydrogen (secondary N) is 1. The summed E-state index contributed by atoms with van der Waals surface area (Å²) >= 11 is 5.15. The molecule has 1 unspecified atom stereocenters. The number of hydrogen-bond acceptors (Lipinski definition) is 4. The van der Waals surface area contributed by atoms with E-state index in [0.717, 1.165) is 10.2 Å². The highest BCUT2D eigenvalue weighted by Crippen LogP contribution is 2.31. The van der Waals surface area contributed by atoms with Crippen molar-refractivity contribution in [1.29, 1.82) is 0 Å². The maximum atomic E-state index is 11.2. The number of sulfonamides is 1. The first-order valence-corrected chi connectivity index (χ1v) is 8.72. The van der Waals surface area contributed by atoms with Crippen LogP contribution in [0.25, 0.3) is 0 Å². The smallest absolute Gasteiger partial charge is 0.238 e. The van der Waals surface area contributed by atoms with Gasteiger partial charge in [0.2, 0.25) is 10.0 Å². The second-order valence-electron chi connectivity index (χ2n) is 4.07. The molecule has 1 heterocycles. The number of anilines is 1. The standard InChI is InChI=1S/C12H13BrN2O2S2/c1-8(12-11(13)6-7-18-12)15-9-2-4-10(5-3-9)19(14,16)17/h2-8,15H,1H3,(H2,14,16,17). The molecule has 102 valence electrons. The Morgan fingerprint density at radius 2 is 1.89 bits per heavy atom. The zero-order valence-corrected chi connectivity index (χ0v) is 13.3. The van der Waals surface area contributed by atoms with Gasteiger partial charge in [0.15, 0.2) is 0 Å². The highest BCUT2D eigenvalue weighted by molar-refractivity contribution is 9.10. The number of halogens is 1. The molecule has 1 aromatic carbocycles. The molecule has 0 bridgehead atoms. The van der Waals surface area contributed by atoms with Gasteiger partial charge in [0.25, 0.3) is 0 Å². The molecule has 4 nitrogen and oxygen atoms in total. The predicted octanol–water partition coefficient (Wildman–Crippen LogP) is 3.33.